The molecule has 2 amide bonds. The molecule has 9 heteroatoms. The number of carbonyl (C=O) groups is 2. The first-order valence-corrected chi connectivity index (χ1v) is 11.6. The lowest BCUT2D eigenvalue weighted by atomic mass is 9.99. The smallest absolute Gasteiger partial charge is 0.334 e. The average molecular weight is 462 g/mol. The average Bonchev–Trinajstić information content (AvgIpc) is 3.49. The quantitative estimate of drug-likeness (QED) is 0.618. The van der Waals surface area contributed by atoms with Crippen LogP contribution in [-0.4, -0.2) is 52.7 Å². The van der Waals surface area contributed by atoms with Crippen LogP contribution in [0, 0.1) is 6.92 Å². The number of hydroxylamine groups is 1. The Hall–Kier alpha value is -3.88. The van der Waals surface area contributed by atoms with Crippen molar-refractivity contribution in [1.82, 2.24) is 20.4 Å². The van der Waals surface area contributed by atoms with Gasteiger partial charge in [0.25, 0.3) is 11.8 Å². The second-order valence-corrected chi connectivity index (χ2v) is 8.58. The summed E-state index contributed by atoms with van der Waals surface area (Å²) in [7, 11) is 0. The number of para-hydroxylation sites is 1. The molecule has 0 bridgehead atoms. The van der Waals surface area contributed by atoms with Crippen LogP contribution >= 0.6 is 0 Å². The molecule has 1 saturated heterocycles. The summed E-state index contributed by atoms with van der Waals surface area (Å²) in [6, 6.07) is 15.0. The number of carbonyl (C=O) groups excluding carboxylic acids is 2. The molecule has 176 valence electrons. The molecule has 1 aromatic heterocycles. The largest absolute Gasteiger partial charge is 0.431 e. The number of hydrogen-bond acceptors (Lipinski definition) is 7. The van der Waals surface area contributed by atoms with Crippen molar-refractivity contribution >= 4 is 17.7 Å². The van der Waals surface area contributed by atoms with Gasteiger partial charge in [0.1, 0.15) is 0 Å². The predicted molar refractivity (Wildman–Crippen MR) is 125 cm³/mol. The summed E-state index contributed by atoms with van der Waals surface area (Å²) >= 11 is 0. The van der Waals surface area contributed by atoms with E-state index in [2.05, 4.69) is 15.5 Å². The van der Waals surface area contributed by atoms with E-state index in [1.807, 2.05) is 47.4 Å². The van der Waals surface area contributed by atoms with E-state index in [1.54, 1.807) is 18.1 Å². The zero-order valence-electron chi connectivity index (χ0n) is 19.1. The first kappa shape index (κ1) is 21.9. The second kappa shape index (κ2) is 9.54. The number of anilines is 1. The van der Waals surface area contributed by atoms with Crippen molar-refractivity contribution in [3.8, 4) is 11.5 Å². The Bertz CT molecular complexity index is 1190. The van der Waals surface area contributed by atoms with Gasteiger partial charge in [0.15, 0.2) is 5.82 Å². The third kappa shape index (κ3) is 4.46. The fraction of sp³-hybridized carbons (Fsp3) is 0.360. The Morgan fingerprint density at radius 3 is 2.79 bits per heavy atom. The minimum absolute atomic E-state index is 0.111. The molecular weight excluding hydrogens is 434 g/mol. The van der Waals surface area contributed by atoms with Gasteiger partial charge >= 0.3 is 6.09 Å². The van der Waals surface area contributed by atoms with Crippen LogP contribution in [0.3, 0.4) is 0 Å². The standard InChI is InChI=1S/C25H27N5O4/c1-17-27-23(33-28-17)20-10-3-4-11-21(20)24(31)29-14-7-6-9-19(29)16-26-25(32)34-30-15-13-18-8-2-5-12-22(18)30/h2-5,8,10-12,19H,6-7,9,13-16H2,1H3,(H,26,32). The second-order valence-electron chi connectivity index (χ2n) is 8.58. The summed E-state index contributed by atoms with van der Waals surface area (Å²) in [6.07, 6.45) is 3.04. The third-order valence-corrected chi connectivity index (χ3v) is 6.32. The molecule has 2 aliphatic rings. The van der Waals surface area contributed by atoms with Crippen LogP contribution in [0.15, 0.2) is 53.1 Å². The molecule has 3 aromatic rings. The van der Waals surface area contributed by atoms with E-state index in [4.69, 9.17) is 9.36 Å². The number of fused-ring (bicyclic) bond motifs is 1. The van der Waals surface area contributed by atoms with Gasteiger partial charge in [-0.25, -0.2) is 9.86 Å². The van der Waals surface area contributed by atoms with Gasteiger partial charge in [0.05, 0.1) is 23.4 Å². The lowest BCUT2D eigenvalue weighted by Crippen LogP contribution is -2.50. The van der Waals surface area contributed by atoms with Gasteiger partial charge in [-0.05, 0) is 56.4 Å². The molecule has 5 rings (SSSR count). The Labute approximate surface area is 197 Å². The molecule has 0 spiro atoms. The third-order valence-electron chi connectivity index (χ3n) is 6.32. The summed E-state index contributed by atoms with van der Waals surface area (Å²) in [5, 5.41) is 8.33. The molecule has 0 radical (unpaired) electrons. The van der Waals surface area contributed by atoms with Crippen LogP contribution in [0.1, 0.15) is 41.0 Å². The predicted octanol–water partition coefficient (Wildman–Crippen LogP) is 3.74. The molecule has 34 heavy (non-hydrogen) atoms. The lowest BCUT2D eigenvalue weighted by molar-refractivity contribution is 0.0605. The molecule has 1 atom stereocenters. The molecule has 0 aliphatic carbocycles. The van der Waals surface area contributed by atoms with Crippen molar-refractivity contribution < 1.29 is 18.9 Å². The lowest BCUT2D eigenvalue weighted by Gasteiger charge is -2.36. The van der Waals surface area contributed by atoms with Gasteiger partial charge in [-0.1, -0.05) is 35.5 Å². The first-order valence-electron chi connectivity index (χ1n) is 11.6. The van der Waals surface area contributed by atoms with Gasteiger partial charge in [-0.2, -0.15) is 4.98 Å². The number of rotatable bonds is 5. The monoisotopic (exact) mass is 461 g/mol. The number of piperidine rings is 1. The van der Waals surface area contributed by atoms with E-state index >= 15 is 0 Å². The number of benzene rings is 2. The molecule has 9 nitrogen and oxygen atoms in total. The normalized spacial score (nSPS) is 17.4. The molecule has 3 heterocycles. The molecular formula is C25H27N5O4. The topological polar surface area (TPSA) is 101 Å². The van der Waals surface area contributed by atoms with Crippen LogP contribution in [0.2, 0.25) is 0 Å². The van der Waals surface area contributed by atoms with Gasteiger partial charge in [-0.15, -0.1) is 0 Å². The fourth-order valence-electron chi connectivity index (χ4n) is 4.63. The minimum atomic E-state index is -0.517. The van der Waals surface area contributed by atoms with Crippen molar-refractivity contribution in [3.05, 3.63) is 65.5 Å². The Morgan fingerprint density at radius 2 is 1.94 bits per heavy atom. The van der Waals surface area contributed by atoms with Crippen molar-refractivity contribution in [2.24, 2.45) is 0 Å². The molecule has 2 aromatic carbocycles. The summed E-state index contributed by atoms with van der Waals surface area (Å²) in [6.45, 7) is 3.31. The molecule has 1 unspecified atom stereocenters. The van der Waals surface area contributed by atoms with Crippen molar-refractivity contribution in [1.29, 1.82) is 0 Å². The van der Waals surface area contributed by atoms with Crippen LogP contribution < -0.4 is 10.4 Å². The highest BCUT2D eigenvalue weighted by molar-refractivity contribution is 6.00. The van der Waals surface area contributed by atoms with E-state index in [1.165, 1.54) is 0 Å². The molecule has 2 aliphatic heterocycles. The van der Waals surface area contributed by atoms with E-state index in [0.29, 0.717) is 42.5 Å². The maximum absolute atomic E-state index is 13.6. The maximum Gasteiger partial charge on any atom is 0.431 e. The SMILES string of the molecule is Cc1noc(-c2ccccc2C(=O)N2CCCCC2CNC(=O)ON2CCc3ccccc32)n1. The highest BCUT2D eigenvalue weighted by Crippen LogP contribution is 2.28. The number of aryl methyl sites for hydroxylation is 1. The Morgan fingerprint density at radius 1 is 1.12 bits per heavy atom. The Kier molecular flexibility index (Phi) is 6.16. The van der Waals surface area contributed by atoms with Gasteiger partial charge in [0.2, 0.25) is 0 Å². The minimum Gasteiger partial charge on any atom is -0.334 e. The molecule has 1 fully saturated rings. The van der Waals surface area contributed by atoms with Crippen LogP contribution in [0.5, 0.6) is 0 Å². The summed E-state index contributed by atoms with van der Waals surface area (Å²) < 4.78 is 5.31. The number of amides is 2. The van der Waals surface area contributed by atoms with Crippen molar-refractivity contribution in [3.63, 3.8) is 0 Å². The zero-order valence-corrected chi connectivity index (χ0v) is 19.1. The Balaban J connectivity index is 1.25. The number of nitrogens with zero attached hydrogens (tertiary/aromatic N) is 4. The number of aromatic nitrogens is 2. The van der Waals surface area contributed by atoms with Gasteiger partial charge in [0, 0.05) is 19.1 Å². The van der Waals surface area contributed by atoms with Crippen LogP contribution in [0.25, 0.3) is 11.5 Å². The zero-order chi connectivity index (χ0) is 23.5. The van der Waals surface area contributed by atoms with Crippen LogP contribution in [-0.2, 0) is 11.3 Å². The highest BCUT2D eigenvalue weighted by atomic mass is 16.7. The molecule has 0 saturated carbocycles. The van der Waals surface area contributed by atoms with Gasteiger partial charge < -0.3 is 19.6 Å². The summed E-state index contributed by atoms with van der Waals surface area (Å²) in [5.74, 6) is 0.721. The number of hydrogen-bond donors (Lipinski definition) is 1. The molecule has 1 N–H and O–H groups in total. The first-order chi connectivity index (χ1) is 16.6. The maximum atomic E-state index is 13.6. The summed E-state index contributed by atoms with van der Waals surface area (Å²) in [4.78, 5) is 37.7. The van der Waals surface area contributed by atoms with E-state index in [0.717, 1.165) is 36.9 Å². The van der Waals surface area contributed by atoms with Crippen molar-refractivity contribution in [2.45, 2.75) is 38.6 Å². The summed E-state index contributed by atoms with van der Waals surface area (Å²) in [5.41, 5.74) is 3.20. The van der Waals surface area contributed by atoms with Crippen molar-refractivity contribution in [2.75, 3.05) is 24.7 Å². The fourth-order valence-corrected chi connectivity index (χ4v) is 4.63. The number of nitrogens with one attached hydrogen (secondary N) is 1. The van der Waals surface area contributed by atoms with Crippen LogP contribution in [0.4, 0.5) is 10.5 Å². The number of likely N-dealkylation sites (tertiary alicyclic amines) is 1. The highest BCUT2D eigenvalue weighted by Gasteiger charge is 2.30. The van der Waals surface area contributed by atoms with E-state index in [9.17, 15) is 9.59 Å². The van der Waals surface area contributed by atoms with E-state index in [-0.39, 0.29) is 11.9 Å². The van der Waals surface area contributed by atoms with E-state index < -0.39 is 6.09 Å². The van der Waals surface area contributed by atoms with Gasteiger partial charge in [-0.3, -0.25) is 4.79 Å².